The van der Waals surface area contributed by atoms with Gasteiger partial charge in [-0.1, -0.05) is 18.2 Å². The first-order chi connectivity index (χ1) is 8.65. The molecule has 0 aliphatic heterocycles. The van der Waals surface area contributed by atoms with Crippen molar-refractivity contribution in [2.75, 3.05) is 0 Å². The summed E-state index contributed by atoms with van der Waals surface area (Å²) in [5.74, 6) is 0.254. The highest BCUT2D eigenvalue weighted by atomic mass is 16.1. The maximum absolute atomic E-state index is 11.8. The van der Waals surface area contributed by atoms with Gasteiger partial charge in [0.2, 0.25) is 0 Å². The molecule has 2 N–H and O–H groups in total. The van der Waals surface area contributed by atoms with E-state index < -0.39 is 0 Å². The number of hydrogen-bond acceptors (Lipinski definition) is 3. The molecule has 92 valence electrons. The summed E-state index contributed by atoms with van der Waals surface area (Å²) in [4.78, 5) is 29.7. The fraction of sp³-hybridized carbons (Fsp3) is 0.154. The van der Waals surface area contributed by atoms with Crippen LogP contribution in [0.15, 0.2) is 41.2 Å². The Bertz CT molecular complexity index is 605. The third-order valence-electron chi connectivity index (χ3n) is 2.37. The molecule has 5 nitrogen and oxygen atoms in total. The van der Waals surface area contributed by atoms with Gasteiger partial charge in [0.05, 0.1) is 6.54 Å². The summed E-state index contributed by atoms with van der Waals surface area (Å²) in [6, 6.07) is 10.3. The standard InChI is InChI=1S/C13H13N3O2/c1-9-7-12(17)16-11(15-9)8-14-13(18)10-5-3-2-4-6-10/h2-7H,8H2,1H3,(H,14,18)(H,15,16,17). The molecule has 1 heterocycles. The van der Waals surface area contributed by atoms with Crippen LogP contribution in [0.2, 0.25) is 0 Å². The van der Waals surface area contributed by atoms with Crippen molar-refractivity contribution in [3.8, 4) is 0 Å². The first-order valence-corrected chi connectivity index (χ1v) is 5.55. The lowest BCUT2D eigenvalue weighted by Crippen LogP contribution is -2.25. The Hall–Kier alpha value is -2.43. The first-order valence-electron chi connectivity index (χ1n) is 5.55. The Labute approximate surface area is 104 Å². The van der Waals surface area contributed by atoms with Gasteiger partial charge in [-0.05, 0) is 19.1 Å². The summed E-state index contributed by atoms with van der Waals surface area (Å²) in [5, 5.41) is 2.70. The molecule has 5 heteroatoms. The quantitative estimate of drug-likeness (QED) is 0.844. The normalized spacial score (nSPS) is 10.1. The summed E-state index contributed by atoms with van der Waals surface area (Å²) in [7, 11) is 0. The van der Waals surface area contributed by atoms with Crippen LogP contribution in [-0.2, 0) is 6.54 Å². The number of amides is 1. The number of benzene rings is 1. The summed E-state index contributed by atoms with van der Waals surface area (Å²) in [5.41, 5.74) is 0.988. The predicted octanol–water partition coefficient (Wildman–Crippen LogP) is 1.01. The third-order valence-corrected chi connectivity index (χ3v) is 2.37. The van der Waals surface area contributed by atoms with Crippen LogP contribution in [0.4, 0.5) is 0 Å². The molecular weight excluding hydrogens is 230 g/mol. The van der Waals surface area contributed by atoms with Gasteiger partial charge in [-0.25, -0.2) is 4.98 Å². The minimum atomic E-state index is -0.216. The fourth-order valence-electron chi connectivity index (χ4n) is 1.58. The number of aromatic nitrogens is 2. The summed E-state index contributed by atoms with van der Waals surface area (Å²) in [6.45, 7) is 1.93. The largest absolute Gasteiger partial charge is 0.345 e. The number of carbonyl (C=O) groups is 1. The van der Waals surface area contributed by atoms with Crippen LogP contribution in [-0.4, -0.2) is 15.9 Å². The van der Waals surface area contributed by atoms with Crippen molar-refractivity contribution in [1.82, 2.24) is 15.3 Å². The van der Waals surface area contributed by atoms with E-state index in [1.807, 2.05) is 6.07 Å². The van der Waals surface area contributed by atoms with Gasteiger partial charge in [-0.2, -0.15) is 0 Å². The molecule has 18 heavy (non-hydrogen) atoms. The Morgan fingerprint density at radius 1 is 1.33 bits per heavy atom. The van der Waals surface area contributed by atoms with Gasteiger partial charge in [-0.15, -0.1) is 0 Å². The van der Waals surface area contributed by atoms with Gasteiger partial charge in [0, 0.05) is 17.3 Å². The van der Waals surface area contributed by atoms with Gasteiger partial charge in [-0.3, -0.25) is 9.59 Å². The maximum atomic E-state index is 11.8. The zero-order chi connectivity index (χ0) is 13.0. The van der Waals surface area contributed by atoms with Crippen molar-refractivity contribution in [3.63, 3.8) is 0 Å². The van der Waals surface area contributed by atoms with Crippen LogP contribution < -0.4 is 10.9 Å². The van der Waals surface area contributed by atoms with Crippen LogP contribution in [0.25, 0.3) is 0 Å². The second kappa shape index (κ2) is 5.27. The van der Waals surface area contributed by atoms with E-state index in [4.69, 9.17) is 0 Å². The molecule has 2 rings (SSSR count). The van der Waals surface area contributed by atoms with E-state index in [9.17, 15) is 9.59 Å². The number of nitrogens with one attached hydrogen (secondary N) is 2. The van der Waals surface area contributed by atoms with E-state index in [0.29, 0.717) is 17.1 Å². The zero-order valence-electron chi connectivity index (χ0n) is 9.93. The molecule has 0 atom stereocenters. The highest BCUT2D eigenvalue weighted by Crippen LogP contribution is 1.98. The minimum absolute atomic E-state index is 0.195. The molecular formula is C13H13N3O2. The highest BCUT2D eigenvalue weighted by Gasteiger charge is 2.05. The Kier molecular flexibility index (Phi) is 3.52. The summed E-state index contributed by atoms with van der Waals surface area (Å²) >= 11 is 0. The molecule has 0 radical (unpaired) electrons. The number of nitrogens with zero attached hydrogens (tertiary/aromatic N) is 1. The predicted molar refractivity (Wildman–Crippen MR) is 67.2 cm³/mol. The van der Waals surface area contributed by atoms with E-state index >= 15 is 0 Å². The Morgan fingerprint density at radius 3 is 2.72 bits per heavy atom. The number of hydrogen-bond donors (Lipinski definition) is 2. The monoisotopic (exact) mass is 243 g/mol. The Morgan fingerprint density at radius 2 is 2.06 bits per heavy atom. The molecule has 0 spiro atoms. The molecule has 1 amide bonds. The minimum Gasteiger partial charge on any atom is -0.345 e. The smallest absolute Gasteiger partial charge is 0.251 e. The van der Waals surface area contributed by atoms with Crippen LogP contribution >= 0.6 is 0 Å². The van der Waals surface area contributed by atoms with Crippen LogP contribution in [0.3, 0.4) is 0 Å². The van der Waals surface area contributed by atoms with E-state index in [0.717, 1.165) is 0 Å². The van der Waals surface area contributed by atoms with Gasteiger partial charge in [0.15, 0.2) is 0 Å². The van der Waals surface area contributed by atoms with Crippen LogP contribution in [0, 0.1) is 6.92 Å². The number of rotatable bonds is 3. The SMILES string of the molecule is Cc1cc(=O)[nH]c(CNC(=O)c2ccccc2)n1. The van der Waals surface area contributed by atoms with Gasteiger partial charge < -0.3 is 10.3 Å². The van der Waals surface area contributed by atoms with Crippen molar-refractivity contribution in [2.24, 2.45) is 0 Å². The van der Waals surface area contributed by atoms with Crippen molar-refractivity contribution in [1.29, 1.82) is 0 Å². The van der Waals surface area contributed by atoms with Crippen molar-refractivity contribution in [2.45, 2.75) is 13.5 Å². The second-order valence-corrected chi connectivity index (χ2v) is 3.88. The third kappa shape index (κ3) is 3.04. The number of H-pyrrole nitrogens is 1. The first kappa shape index (κ1) is 12.0. The molecule has 0 saturated heterocycles. The van der Waals surface area contributed by atoms with E-state index in [1.165, 1.54) is 6.07 Å². The number of aromatic amines is 1. The molecule has 0 fully saturated rings. The number of aryl methyl sites for hydroxylation is 1. The summed E-state index contributed by atoms with van der Waals surface area (Å²) in [6.07, 6.45) is 0. The average Bonchev–Trinajstić information content (AvgIpc) is 2.36. The van der Waals surface area contributed by atoms with Crippen molar-refractivity contribution >= 4 is 5.91 Å². The summed E-state index contributed by atoms with van der Waals surface area (Å²) < 4.78 is 0. The highest BCUT2D eigenvalue weighted by molar-refractivity contribution is 5.93. The lowest BCUT2D eigenvalue weighted by molar-refractivity contribution is 0.0950. The topological polar surface area (TPSA) is 74.8 Å². The molecule has 1 aromatic carbocycles. The van der Waals surface area contributed by atoms with E-state index in [1.54, 1.807) is 31.2 Å². The molecule has 0 aliphatic rings. The molecule has 0 saturated carbocycles. The molecule has 0 aliphatic carbocycles. The Balaban J connectivity index is 2.04. The van der Waals surface area contributed by atoms with E-state index in [-0.39, 0.29) is 18.0 Å². The van der Waals surface area contributed by atoms with Crippen molar-refractivity contribution < 1.29 is 4.79 Å². The van der Waals surface area contributed by atoms with Gasteiger partial charge in [0.25, 0.3) is 11.5 Å². The van der Waals surface area contributed by atoms with Gasteiger partial charge >= 0.3 is 0 Å². The number of carbonyl (C=O) groups excluding carboxylic acids is 1. The lowest BCUT2D eigenvalue weighted by atomic mass is 10.2. The van der Waals surface area contributed by atoms with Crippen LogP contribution in [0.1, 0.15) is 21.9 Å². The fourth-order valence-corrected chi connectivity index (χ4v) is 1.58. The molecule has 1 aromatic heterocycles. The van der Waals surface area contributed by atoms with E-state index in [2.05, 4.69) is 15.3 Å². The van der Waals surface area contributed by atoms with Crippen molar-refractivity contribution in [3.05, 3.63) is 63.8 Å². The molecule has 0 unspecified atom stereocenters. The maximum Gasteiger partial charge on any atom is 0.251 e. The van der Waals surface area contributed by atoms with Gasteiger partial charge in [0.1, 0.15) is 5.82 Å². The second-order valence-electron chi connectivity index (χ2n) is 3.88. The average molecular weight is 243 g/mol. The molecule has 2 aromatic rings. The van der Waals surface area contributed by atoms with Crippen LogP contribution in [0.5, 0.6) is 0 Å². The lowest BCUT2D eigenvalue weighted by Gasteiger charge is -2.05. The zero-order valence-corrected chi connectivity index (χ0v) is 9.93. The molecule has 0 bridgehead atoms.